The lowest BCUT2D eigenvalue weighted by Crippen LogP contribution is -2.45. The van der Waals surface area contributed by atoms with Gasteiger partial charge >= 0.3 is 17.9 Å². The second-order valence-electron chi connectivity index (χ2n) is 10.7. The number of aliphatic hydroxyl groups is 2. The molecular formula is C29H38N4O9. The van der Waals surface area contributed by atoms with Crippen LogP contribution in [0.1, 0.15) is 72.6 Å². The third-order valence-corrected chi connectivity index (χ3v) is 7.62. The van der Waals surface area contributed by atoms with Crippen molar-refractivity contribution in [2.24, 2.45) is 0 Å². The molecule has 228 valence electrons. The number of carboxylic acid groups (broad SMARTS) is 3. The fourth-order valence-corrected chi connectivity index (χ4v) is 5.25. The predicted molar refractivity (Wildman–Crippen MR) is 150 cm³/mol. The molecule has 13 heteroatoms. The van der Waals surface area contributed by atoms with Crippen LogP contribution in [0, 0.1) is 6.92 Å². The standard InChI is InChI=1S/C23H30N4O2.C6H8O7/c1-3-20-18(16-24-22(25-20)27-12-6-7-13-27)21(28)26-14-10-23(29,11-15-26)19-9-5-4-8-17(19)2;7-3(8)1-6(13,5(11)12)2-4(9)10/h4-5,8-9,16,29H,3,6-7,10-15H2,1-2H3;13H,1-2H2,(H,7,8)(H,9,10)(H,11,12). The Kier molecular flexibility index (Phi) is 10.6. The van der Waals surface area contributed by atoms with Gasteiger partial charge in [-0.05, 0) is 50.2 Å². The first-order valence-electron chi connectivity index (χ1n) is 13.9. The largest absolute Gasteiger partial charge is 0.481 e. The minimum Gasteiger partial charge on any atom is -0.481 e. The molecule has 13 nitrogen and oxygen atoms in total. The van der Waals surface area contributed by atoms with Gasteiger partial charge in [0.25, 0.3) is 5.91 Å². The van der Waals surface area contributed by atoms with Crippen LogP contribution in [0.5, 0.6) is 0 Å². The Morgan fingerprint density at radius 2 is 1.52 bits per heavy atom. The van der Waals surface area contributed by atoms with E-state index in [0.717, 1.165) is 35.9 Å². The van der Waals surface area contributed by atoms with Gasteiger partial charge in [-0.3, -0.25) is 14.4 Å². The molecule has 0 radical (unpaired) electrons. The normalized spacial score (nSPS) is 16.4. The molecule has 0 bridgehead atoms. The number of hydrogen-bond acceptors (Lipinski definition) is 9. The molecule has 0 unspecified atom stereocenters. The van der Waals surface area contributed by atoms with Crippen molar-refractivity contribution in [1.29, 1.82) is 0 Å². The van der Waals surface area contributed by atoms with Gasteiger partial charge in [0.2, 0.25) is 5.95 Å². The van der Waals surface area contributed by atoms with Gasteiger partial charge in [-0.15, -0.1) is 0 Å². The molecule has 42 heavy (non-hydrogen) atoms. The van der Waals surface area contributed by atoms with Crippen molar-refractivity contribution in [1.82, 2.24) is 14.9 Å². The second kappa shape index (κ2) is 13.7. The molecule has 2 aliphatic heterocycles. The van der Waals surface area contributed by atoms with Crippen LogP contribution in [0.25, 0.3) is 0 Å². The summed E-state index contributed by atoms with van der Waals surface area (Å²) in [6, 6.07) is 7.97. The van der Waals surface area contributed by atoms with Crippen LogP contribution in [-0.2, 0) is 26.4 Å². The molecule has 0 atom stereocenters. The monoisotopic (exact) mass is 586 g/mol. The first-order valence-corrected chi connectivity index (χ1v) is 13.9. The lowest BCUT2D eigenvalue weighted by Gasteiger charge is -2.39. The van der Waals surface area contributed by atoms with Gasteiger partial charge in [0.15, 0.2) is 5.60 Å². The van der Waals surface area contributed by atoms with Gasteiger partial charge in [-0.1, -0.05) is 31.2 Å². The van der Waals surface area contributed by atoms with E-state index in [1.54, 1.807) is 6.20 Å². The molecule has 0 spiro atoms. The van der Waals surface area contributed by atoms with Crippen LogP contribution < -0.4 is 4.90 Å². The summed E-state index contributed by atoms with van der Waals surface area (Å²) in [5, 5.41) is 45.0. The van der Waals surface area contributed by atoms with E-state index in [4.69, 9.17) is 25.4 Å². The molecule has 5 N–H and O–H groups in total. The van der Waals surface area contributed by atoms with Crippen molar-refractivity contribution in [3.63, 3.8) is 0 Å². The second-order valence-corrected chi connectivity index (χ2v) is 10.7. The van der Waals surface area contributed by atoms with Gasteiger partial charge in [0.1, 0.15) is 0 Å². The fourth-order valence-electron chi connectivity index (χ4n) is 5.25. The number of piperidine rings is 1. The molecule has 2 fully saturated rings. The summed E-state index contributed by atoms with van der Waals surface area (Å²) in [4.78, 5) is 56.9. The number of anilines is 1. The Hall–Kier alpha value is -4.10. The average molecular weight is 587 g/mol. The number of aromatic nitrogens is 2. The highest BCUT2D eigenvalue weighted by Gasteiger charge is 2.41. The van der Waals surface area contributed by atoms with Crippen LogP contribution in [0.4, 0.5) is 5.95 Å². The highest BCUT2D eigenvalue weighted by molar-refractivity contribution is 5.95. The van der Waals surface area contributed by atoms with Crippen molar-refractivity contribution in [2.75, 3.05) is 31.1 Å². The number of carbonyl (C=O) groups is 4. The molecule has 4 rings (SSSR count). The third-order valence-electron chi connectivity index (χ3n) is 7.62. The topological polar surface area (TPSA) is 202 Å². The Morgan fingerprint density at radius 3 is 2.02 bits per heavy atom. The summed E-state index contributed by atoms with van der Waals surface area (Å²) in [5.41, 5.74) is -0.138. The Bertz CT molecular complexity index is 1290. The fraction of sp³-hybridized carbons (Fsp3) is 0.517. The molecular weight excluding hydrogens is 548 g/mol. The maximum Gasteiger partial charge on any atom is 0.336 e. The lowest BCUT2D eigenvalue weighted by molar-refractivity contribution is -0.170. The average Bonchev–Trinajstić information content (AvgIpc) is 3.47. The summed E-state index contributed by atoms with van der Waals surface area (Å²) in [5.74, 6) is -4.31. The number of carbonyl (C=O) groups excluding carboxylic acids is 1. The van der Waals surface area contributed by atoms with E-state index in [-0.39, 0.29) is 5.91 Å². The van der Waals surface area contributed by atoms with Crippen LogP contribution in [0.2, 0.25) is 0 Å². The van der Waals surface area contributed by atoms with Crippen molar-refractivity contribution in [3.8, 4) is 0 Å². The van der Waals surface area contributed by atoms with E-state index in [1.165, 1.54) is 12.8 Å². The van der Waals surface area contributed by atoms with Crippen LogP contribution in [-0.4, -0.2) is 96.0 Å². The van der Waals surface area contributed by atoms with Crippen LogP contribution >= 0.6 is 0 Å². The number of rotatable bonds is 9. The quantitative estimate of drug-likeness (QED) is 0.286. The summed E-state index contributed by atoms with van der Waals surface area (Å²) in [7, 11) is 0. The Labute approximate surface area is 243 Å². The number of hydrogen-bond donors (Lipinski definition) is 5. The van der Waals surface area contributed by atoms with E-state index in [1.807, 2.05) is 43.0 Å². The number of amides is 1. The number of likely N-dealkylation sites (tertiary alicyclic amines) is 1. The highest BCUT2D eigenvalue weighted by atomic mass is 16.4. The molecule has 1 amide bonds. The highest BCUT2D eigenvalue weighted by Crippen LogP contribution is 2.35. The van der Waals surface area contributed by atoms with E-state index < -0.39 is 42.0 Å². The zero-order valence-corrected chi connectivity index (χ0v) is 23.8. The maximum atomic E-state index is 13.2. The summed E-state index contributed by atoms with van der Waals surface area (Å²) >= 11 is 0. The van der Waals surface area contributed by atoms with Crippen molar-refractivity contribution >= 4 is 29.8 Å². The number of benzene rings is 1. The number of aryl methyl sites for hydroxylation is 2. The molecule has 2 aliphatic rings. The molecule has 1 aromatic heterocycles. The zero-order valence-electron chi connectivity index (χ0n) is 23.8. The van der Waals surface area contributed by atoms with E-state index in [0.29, 0.717) is 37.9 Å². The van der Waals surface area contributed by atoms with Crippen molar-refractivity contribution < 1.29 is 44.7 Å². The van der Waals surface area contributed by atoms with Gasteiger partial charge < -0.3 is 35.3 Å². The molecule has 0 saturated carbocycles. The molecule has 3 heterocycles. The van der Waals surface area contributed by atoms with E-state index in [9.17, 15) is 24.3 Å². The van der Waals surface area contributed by atoms with Gasteiger partial charge in [0, 0.05) is 32.4 Å². The Balaban J connectivity index is 0.000000316. The first-order chi connectivity index (χ1) is 19.8. The van der Waals surface area contributed by atoms with Gasteiger partial charge in [-0.2, -0.15) is 0 Å². The Morgan fingerprint density at radius 1 is 0.952 bits per heavy atom. The number of aliphatic carboxylic acids is 3. The molecule has 2 saturated heterocycles. The number of nitrogens with zero attached hydrogens (tertiary/aromatic N) is 4. The first kappa shape index (κ1) is 32.4. The summed E-state index contributed by atoms with van der Waals surface area (Å²) in [6.45, 7) is 7.08. The molecule has 0 aliphatic carbocycles. The maximum absolute atomic E-state index is 13.2. The molecule has 1 aromatic carbocycles. The minimum atomic E-state index is -2.74. The van der Waals surface area contributed by atoms with Crippen molar-refractivity contribution in [3.05, 3.63) is 52.8 Å². The third kappa shape index (κ3) is 7.79. The lowest BCUT2D eigenvalue weighted by atomic mass is 9.82. The van der Waals surface area contributed by atoms with E-state index in [2.05, 4.69) is 9.88 Å². The predicted octanol–water partition coefficient (Wildman–Crippen LogP) is 1.82. The SMILES string of the molecule is CCc1nc(N2CCCC2)ncc1C(=O)N1CCC(O)(c2ccccc2C)CC1.O=C(O)CC(O)(CC(=O)O)C(=O)O. The minimum absolute atomic E-state index is 0.0262. The van der Waals surface area contributed by atoms with Gasteiger partial charge in [0.05, 0.1) is 29.7 Å². The van der Waals surface area contributed by atoms with E-state index >= 15 is 0 Å². The van der Waals surface area contributed by atoms with Gasteiger partial charge in [-0.25, -0.2) is 14.8 Å². The zero-order chi connectivity index (χ0) is 31.1. The van der Waals surface area contributed by atoms with Crippen molar-refractivity contribution in [2.45, 2.75) is 70.0 Å². The van der Waals surface area contributed by atoms with Crippen LogP contribution in [0.3, 0.4) is 0 Å². The molecule has 2 aromatic rings. The summed E-state index contributed by atoms with van der Waals surface area (Å²) in [6.07, 6.45) is 3.53. The van der Waals surface area contributed by atoms with Crippen LogP contribution in [0.15, 0.2) is 30.5 Å². The number of carboxylic acids is 3. The smallest absolute Gasteiger partial charge is 0.336 e. The summed E-state index contributed by atoms with van der Waals surface area (Å²) < 4.78 is 0.